The van der Waals surface area contributed by atoms with E-state index >= 15 is 0 Å². The van der Waals surface area contributed by atoms with E-state index in [-0.39, 0.29) is 0 Å². The minimum absolute atomic E-state index is 0.627. The van der Waals surface area contributed by atoms with Crippen molar-refractivity contribution >= 4 is 0 Å². The first kappa shape index (κ1) is 6.83. The zero-order valence-corrected chi connectivity index (χ0v) is 6.90. The molecule has 2 heterocycles. The van der Waals surface area contributed by atoms with E-state index in [1.54, 1.807) is 6.26 Å². The molecule has 2 aliphatic heterocycles. The summed E-state index contributed by atoms with van der Waals surface area (Å²) in [4.78, 5) is 0. The summed E-state index contributed by atoms with van der Waals surface area (Å²) in [7, 11) is 0. The average molecular weight is 176 g/mol. The van der Waals surface area contributed by atoms with Crippen LogP contribution in [0.15, 0.2) is 36.6 Å². The molecule has 0 N–H and O–H groups in total. The summed E-state index contributed by atoms with van der Waals surface area (Å²) in [5.41, 5.74) is 0. The van der Waals surface area contributed by atoms with Crippen LogP contribution in [0, 0.1) is 0 Å². The standard InChI is InChI=1S/C10H8O3/c1-2-5-9-8(4-1)12-10(13-9)6-3-7-11-10/h1-5,7H,6H2. The van der Waals surface area contributed by atoms with Crippen LogP contribution in [0.5, 0.6) is 11.5 Å². The zero-order chi connectivity index (χ0) is 8.73. The summed E-state index contributed by atoms with van der Waals surface area (Å²) in [6, 6.07) is 7.55. The molecule has 0 bridgehead atoms. The van der Waals surface area contributed by atoms with Crippen LogP contribution in [-0.4, -0.2) is 5.97 Å². The van der Waals surface area contributed by atoms with Crippen LogP contribution >= 0.6 is 0 Å². The van der Waals surface area contributed by atoms with Gasteiger partial charge in [-0.15, -0.1) is 0 Å². The summed E-state index contributed by atoms with van der Waals surface area (Å²) in [5, 5.41) is 0. The van der Waals surface area contributed by atoms with Gasteiger partial charge in [-0.25, -0.2) is 0 Å². The van der Waals surface area contributed by atoms with Crippen molar-refractivity contribution in [1.29, 1.82) is 0 Å². The average Bonchev–Trinajstić information content (AvgIpc) is 2.72. The highest BCUT2D eigenvalue weighted by Gasteiger charge is 2.44. The molecule has 3 nitrogen and oxygen atoms in total. The lowest BCUT2D eigenvalue weighted by atomic mass is 10.3. The van der Waals surface area contributed by atoms with Gasteiger partial charge in [0, 0.05) is 0 Å². The van der Waals surface area contributed by atoms with Gasteiger partial charge >= 0.3 is 5.97 Å². The number of hydrogen-bond acceptors (Lipinski definition) is 3. The highest BCUT2D eigenvalue weighted by Crippen LogP contribution is 2.42. The van der Waals surface area contributed by atoms with Gasteiger partial charge in [0.1, 0.15) is 0 Å². The minimum atomic E-state index is -0.913. The third-order valence-corrected chi connectivity index (χ3v) is 2.09. The van der Waals surface area contributed by atoms with Crippen LogP contribution in [0.25, 0.3) is 0 Å². The van der Waals surface area contributed by atoms with Crippen molar-refractivity contribution in [2.45, 2.75) is 12.4 Å². The summed E-state index contributed by atoms with van der Waals surface area (Å²) >= 11 is 0. The molecule has 1 spiro atoms. The third-order valence-electron chi connectivity index (χ3n) is 2.09. The summed E-state index contributed by atoms with van der Waals surface area (Å²) in [6.45, 7) is 0. The Bertz CT molecular complexity index is 335. The summed E-state index contributed by atoms with van der Waals surface area (Å²) in [6.07, 6.45) is 4.11. The van der Waals surface area contributed by atoms with Gasteiger partial charge in [-0.2, -0.15) is 0 Å². The molecule has 0 atom stereocenters. The van der Waals surface area contributed by atoms with Crippen molar-refractivity contribution in [2.24, 2.45) is 0 Å². The largest absolute Gasteiger partial charge is 0.429 e. The molecule has 0 radical (unpaired) electrons. The second-order valence-corrected chi connectivity index (χ2v) is 3.03. The Hall–Kier alpha value is -1.64. The van der Waals surface area contributed by atoms with E-state index in [1.807, 2.05) is 30.3 Å². The molecule has 0 aliphatic carbocycles. The van der Waals surface area contributed by atoms with E-state index < -0.39 is 5.97 Å². The van der Waals surface area contributed by atoms with Crippen molar-refractivity contribution in [2.75, 3.05) is 0 Å². The molecule has 3 heteroatoms. The molecule has 66 valence electrons. The van der Waals surface area contributed by atoms with E-state index in [0.717, 1.165) is 11.5 Å². The molecule has 1 aromatic rings. The number of para-hydroxylation sites is 2. The Morgan fingerprint density at radius 3 is 2.31 bits per heavy atom. The lowest BCUT2D eigenvalue weighted by molar-refractivity contribution is -0.239. The van der Waals surface area contributed by atoms with Crippen LogP contribution in [-0.2, 0) is 4.74 Å². The van der Waals surface area contributed by atoms with Crippen molar-refractivity contribution in [3.8, 4) is 11.5 Å². The summed E-state index contributed by atoms with van der Waals surface area (Å²) in [5.74, 6) is 0.571. The Labute approximate surface area is 75.5 Å². The number of hydrogen-bond donors (Lipinski definition) is 0. The summed E-state index contributed by atoms with van der Waals surface area (Å²) < 4.78 is 16.4. The first-order valence-electron chi connectivity index (χ1n) is 4.18. The van der Waals surface area contributed by atoms with Crippen LogP contribution in [0.2, 0.25) is 0 Å². The number of fused-ring (bicyclic) bond motifs is 1. The van der Waals surface area contributed by atoms with Crippen molar-refractivity contribution in [3.05, 3.63) is 36.6 Å². The van der Waals surface area contributed by atoms with Crippen molar-refractivity contribution in [1.82, 2.24) is 0 Å². The van der Waals surface area contributed by atoms with E-state index in [9.17, 15) is 0 Å². The van der Waals surface area contributed by atoms with E-state index in [2.05, 4.69) is 0 Å². The monoisotopic (exact) mass is 176 g/mol. The Morgan fingerprint density at radius 1 is 1.08 bits per heavy atom. The zero-order valence-electron chi connectivity index (χ0n) is 6.90. The maximum Gasteiger partial charge on any atom is 0.420 e. The fourth-order valence-corrected chi connectivity index (χ4v) is 1.50. The molecule has 0 aromatic heterocycles. The molecule has 0 saturated carbocycles. The molecule has 13 heavy (non-hydrogen) atoms. The predicted octanol–water partition coefficient (Wildman–Crippen LogP) is 2.05. The normalized spacial score (nSPS) is 20.6. The van der Waals surface area contributed by atoms with E-state index in [4.69, 9.17) is 14.2 Å². The minimum Gasteiger partial charge on any atom is -0.429 e. The lowest BCUT2D eigenvalue weighted by Crippen LogP contribution is -2.37. The van der Waals surface area contributed by atoms with Gasteiger partial charge in [-0.1, -0.05) is 12.1 Å². The highest BCUT2D eigenvalue weighted by atomic mass is 16.9. The van der Waals surface area contributed by atoms with Gasteiger partial charge in [0.15, 0.2) is 11.5 Å². The highest BCUT2D eigenvalue weighted by molar-refractivity contribution is 5.42. The number of benzene rings is 1. The van der Waals surface area contributed by atoms with Gasteiger partial charge < -0.3 is 14.2 Å². The Morgan fingerprint density at radius 2 is 1.77 bits per heavy atom. The molecular weight excluding hydrogens is 168 g/mol. The van der Waals surface area contributed by atoms with Gasteiger partial charge in [-0.3, -0.25) is 0 Å². The topological polar surface area (TPSA) is 27.7 Å². The molecule has 0 saturated heterocycles. The van der Waals surface area contributed by atoms with Crippen molar-refractivity contribution in [3.63, 3.8) is 0 Å². The van der Waals surface area contributed by atoms with Gasteiger partial charge in [0.25, 0.3) is 0 Å². The molecule has 3 rings (SSSR count). The quantitative estimate of drug-likeness (QED) is 0.605. The SMILES string of the molecule is C1=COC2(C1)Oc1ccccc1O2. The molecule has 0 fully saturated rings. The van der Waals surface area contributed by atoms with E-state index in [0.29, 0.717) is 6.42 Å². The first-order chi connectivity index (χ1) is 6.38. The number of rotatable bonds is 0. The van der Waals surface area contributed by atoms with Crippen LogP contribution < -0.4 is 9.47 Å². The van der Waals surface area contributed by atoms with Gasteiger partial charge in [-0.05, 0) is 18.2 Å². The molecule has 1 aromatic carbocycles. The number of ether oxygens (including phenoxy) is 3. The fourth-order valence-electron chi connectivity index (χ4n) is 1.50. The second-order valence-electron chi connectivity index (χ2n) is 3.03. The maximum absolute atomic E-state index is 5.55. The van der Waals surface area contributed by atoms with Gasteiger partial charge in [0.2, 0.25) is 0 Å². The van der Waals surface area contributed by atoms with Crippen molar-refractivity contribution < 1.29 is 14.2 Å². The smallest absolute Gasteiger partial charge is 0.420 e. The Kier molecular flexibility index (Phi) is 1.15. The van der Waals surface area contributed by atoms with Gasteiger partial charge in [0.05, 0.1) is 12.7 Å². The first-order valence-corrected chi connectivity index (χ1v) is 4.18. The molecular formula is C10H8O3. The molecule has 2 aliphatic rings. The predicted molar refractivity (Wildman–Crippen MR) is 45.3 cm³/mol. The molecule has 0 amide bonds. The van der Waals surface area contributed by atoms with E-state index in [1.165, 1.54) is 0 Å². The van der Waals surface area contributed by atoms with Crippen LogP contribution in [0.3, 0.4) is 0 Å². The van der Waals surface area contributed by atoms with Crippen LogP contribution in [0.1, 0.15) is 6.42 Å². The lowest BCUT2D eigenvalue weighted by Gasteiger charge is -2.20. The second kappa shape index (κ2) is 2.19. The molecule has 0 unspecified atom stereocenters. The Balaban J connectivity index is 1.97. The maximum atomic E-state index is 5.55. The third kappa shape index (κ3) is 0.900. The van der Waals surface area contributed by atoms with Crippen LogP contribution in [0.4, 0.5) is 0 Å². The fraction of sp³-hybridized carbons (Fsp3) is 0.200.